The molecule has 0 aromatic carbocycles. The first kappa shape index (κ1) is 22.2. The zero-order valence-corrected chi connectivity index (χ0v) is 20.7. The highest BCUT2D eigenvalue weighted by molar-refractivity contribution is 6.54. The summed E-state index contributed by atoms with van der Waals surface area (Å²) in [4.78, 5) is 15.0. The van der Waals surface area contributed by atoms with Gasteiger partial charge in [-0.2, -0.15) is 0 Å². The van der Waals surface area contributed by atoms with E-state index in [4.69, 9.17) is 15.0 Å². The monoisotopic (exact) mass is 458 g/mol. The van der Waals surface area contributed by atoms with Crippen molar-refractivity contribution in [2.45, 2.75) is 116 Å². The summed E-state index contributed by atoms with van der Waals surface area (Å²) >= 11 is 0. The molecular weight excluding hydrogens is 419 g/mol. The first-order valence-electron chi connectivity index (χ1n) is 14.0. The lowest BCUT2D eigenvalue weighted by Crippen LogP contribution is -2.43. The van der Waals surface area contributed by atoms with E-state index in [-0.39, 0.29) is 7.12 Å². The Kier molecular flexibility index (Phi) is 6.61. The van der Waals surface area contributed by atoms with Crippen molar-refractivity contribution in [2.75, 3.05) is 0 Å². The van der Waals surface area contributed by atoms with Crippen LogP contribution < -0.4 is 0 Å². The number of fused-ring (bicyclic) bond motifs is 3. The largest absolute Gasteiger partial charge is 0.495 e. The summed E-state index contributed by atoms with van der Waals surface area (Å²) in [6.45, 7) is 0. The maximum absolute atomic E-state index is 4.99. The topological polar surface area (TPSA) is 53.5 Å². The highest BCUT2D eigenvalue weighted by atomic mass is 15.3. The van der Waals surface area contributed by atoms with Crippen molar-refractivity contribution < 1.29 is 0 Å². The Hall–Kier alpha value is -2.31. The summed E-state index contributed by atoms with van der Waals surface area (Å²) in [5.74, 6) is 0. The summed E-state index contributed by atoms with van der Waals surface area (Å²) in [5.41, 5.74) is 8.26. The Labute approximate surface area is 204 Å². The SMILES string of the molecule is c1nc2c(n1[B-](n1cnc3c1CCCCCC3)n1cnc3c1CCCCCC3)CCCCCC2. The summed E-state index contributed by atoms with van der Waals surface area (Å²) < 4.78 is 7.46. The molecule has 0 saturated heterocycles. The van der Waals surface area contributed by atoms with E-state index in [0.29, 0.717) is 0 Å². The molecule has 3 aromatic rings. The molecule has 6 nitrogen and oxygen atoms in total. The molecule has 6 rings (SSSR count). The number of hydrogen-bond acceptors (Lipinski definition) is 3. The Morgan fingerprint density at radius 1 is 0.412 bits per heavy atom. The van der Waals surface area contributed by atoms with Crippen molar-refractivity contribution in [2.24, 2.45) is 0 Å². The maximum Gasteiger partial charge on any atom is 0.206 e. The van der Waals surface area contributed by atoms with Gasteiger partial charge in [-0.25, -0.2) is 15.0 Å². The number of aryl methyl sites for hydroxylation is 3. The van der Waals surface area contributed by atoms with Gasteiger partial charge in [-0.3, -0.25) is 0 Å². The van der Waals surface area contributed by atoms with Gasteiger partial charge in [0.2, 0.25) is 7.12 Å². The summed E-state index contributed by atoms with van der Waals surface area (Å²) in [5, 5.41) is 0. The summed E-state index contributed by atoms with van der Waals surface area (Å²) in [6, 6.07) is 0. The predicted octanol–water partition coefficient (Wildman–Crippen LogP) is 5.18. The van der Waals surface area contributed by atoms with E-state index in [1.165, 1.54) is 111 Å². The van der Waals surface area contributed by atoms with E-state index in [1.54, 1.807) is 0 Å². The van der Waals surface area contributed by atoms with Crippen LogP contribution in [0.1, 0.15) is 111 Å². The first-order chi connectivity index (χ1) is 16.9. The minimum atomic E-state index is 0.0158. The molecule has 0 unspecified atom stereocenters. The average Bonchev–Trinajstić information content (AvgIpc) is 3.47. The van der Waals surface area contributed by atoms with E-state index < -0.39 is 0 Å². The standard InChI is InChI=1S/C27H39BN6/c1-4-10-16-25-22(13-7-1)29-19-32(25)28(33-20-30-23-14-8-2-5-11-17-26(23)33)34-21-31-24-15-9-3-6-12-18-27(24)34/h19-21H,1-18H2/q-1. The smallest absolute Gasteiger partial charge is 0.206 e. The molecule has 3 aliphatic rings. The lowest BCUT2D eigenvalue weighted by molar-refractivity contribution is 0.596. The fourth-order valence-corrected chi connectivity index (χ4v) is 6.54. The molecule has 3 heterocycles. The Bertz CT molecular complexity index is 970. The summed E-state index contributed by atoms with van der Waals surface area (Å²) in [7, 11) is 0.0158. The second kappa shape index (κ2) is 10.1. The molecule has 3 aromatic heterocycles. The second-order valence-electron chi connectivity index (χ2n) is 10.7. The van der Waals surface area contributed by atoms with Gasteiger partial charge in [0.25, 0.3) is 0 Å². The zero-order chi connectivity index (χ0) is 22.7. The predicted molar refractivity (Wildman–Crippen MR) is 136 cm³/mol. The Morgan fingerprint density at radius 3 is 1.03 bits per heavy atom. The van der Waals surface area contributed by atoms with Crippen LogP contribution in [0.2, 0.25) is 0 Å². The van der Waals surface area contributed by atoms with Gasteiger partial charge in [-0.15, -0.1) is 0 Å². The van der Waals surface area contributed by atoms with Crippen LogP contribution in [-0.4, -0.2) is 35.5 Å². The molecule has 7 heteroatoms. The van der Waals surface area contributed by atoms with Crippen LogP contribution in [0.25, 0.3) is 0 Å². The lowest BCUT2D eigenvalue weighted by atomic mass is 9.86. The number of rotatable bonds is 3. The molecule has 0 fully saturated rings. The molecule has 0 bridgehead atoms. The van der Waals surface area contributed by atoms with Gasteiger partial charge >= 0.3 is 0 Å². The average molecular weight is 458 g/mol. The Morgan fingerprint density at radius 2 is 0.706 bits per heavy atom. The van der Waals surface area contributed by atoms with Crippen LogP contribution >= 0.6 is 0 Å². The van der Waals surface area contributed by atoms with Gasteiger partial charge in [0.15, 0.2) is 0 Å². The van der Waals surface area contributed by atoms with E-state index in [1.807, 2.05) is 0 Å². The molecule has 0 saturated carbocycles. The maximum atomic E-state index is 4.99. The van der Waals surface area contributed by atoms with Crippen LogP contribution in [0.4, 0.5) is 0 Å². The molecule has 34 heavy (non-hydrogen) atoms. The molecule has 0 spiro atoms. The fraction of sp³-hybridized carbons (Fsp3) is 0.667. The van der Waals surface area contributed by atoms with Crippen molar-refractivity contribution in [1.82, 2.24) is 28.4 Å². The lowest BCUT2D eigenvalue weighted by Gasteiger charge is -2.38. The first-order valence-corrected chi connectivity index (χ1v) is 14.0. The number of hydrogen-bond donors (Lipinski definition) is 0. The molecule has 0 atom stereocenters. The van der Waals surface area contributed by atoms with Gasteiger partial charge in [-0.05, 0) is 77.0 Å². The van der Waals surface area contributed by atoms with Crippen molar-refractivity contribution >= 4 is 7.12 Å². The second-order valence-corrected chi connectivity index (χ2v) is 10.7. The van der Waals surface area contributed by atoms with Crippen molar-refractivity contribution in [3.8, 4) is 0 Å². The zero-order valence-electron chi connectivity index (χ0n) is 20.7. The van der Waals surface area contributed by atoms with Crippen molar-refractivity contribution in [3.63, 3.8) is 0 Å². The third kappa shape index (κ3) is 4.27. The minimum Gasteiger partial charge on any atom is -0.495 e. The highest BCUT2D eigenvalue weighted by Crippen LogP contribution is 2.26. The number of nitrogens with zero attached hydrogens (tertiary/aromatic N) is 6. The molecule has 1 radical (unpaired) electrons. The van der Waals surface area contributed by atoms with Crippen LogP contribution in [0.3, 0.4) is 0 Å². The summed E-state index contributed by atoms with van der Waals surface area (Å²) in [6.07, 6.45) is 28.6. The number of imidazole rings is 3. The Balaban J connectivity index is 1.50. The third-order valence-corrected chi connectivity index (χ3v) is 8.43. The van der Waals surface area contributed by atoms with Gasteiger partial charge in [-0.1, -0.05) is 38.5 Å². The van der Waals surface area contributed by atoms with Gasteiger partial charge < -0.3 is 13.4 Å². The number of aromatic nitrogens is 6. The molecule has 181 valence electrons. The minimum absolute atomic E-state index is 0.0158. The van der Waals surface area contributed by atoms with E-state index >= 15 is 0 Å². The molecule has 0 amide bonds. The van der Waals surface area contributed by atoms with Crippen molar-refractivity contribution in [3.05, 3.63) is 53.1 Å². The molecule has 0 N–H and O–H groups in total. The highest BCUT2D eigenvalue weighted by Gasteiger charge is 2.23. The van der Waals surface area contributed by atoms with Crippen LogP contribution in [0.5, 0.6) is 0 Å². The van der Waals surface area contributed by atoms with Crippen LogP contribution in [0.15, 0.2) is 19.0 Å². The quantitative estimate of drug-likeness (QED) is 0.508. The van der Waals surface area contributed by atoms with Gasteiger partial charge in [0.1, 0.15) is 0 Å². The van der Waals surface area contributed by atoms with Crippen LogP contribution in [-0.2, 0) is 38.5 Å². The van der Waals surface area contributed by atoms with Crippen molar-refractivity contribution in [1.29, 1.82) is 0 Å². The van der Waals surface area contributed by atoms with E-state index in [2.05, 4.69) is 32.4 Å². The third-order valence-electron chi connectivity index (χ3n) is 8.43. The molecular formula is C27H39BN6-. The van der Waals surface area contributed by atoms with Gasteiger partial charge in [0.05, 0.1) is 36.1 Å². The van der Waals surface area contributed by atoms with Crippen LogP contribution in [0, 0.1) is 0 Å². The van der Waals surface area contributed by atoms with Gasteiger partial charge in [0, 0.05) is 17.1 Å². The molecule has 3 aliphatic carbocycles. The molecule has 0 aliphatic heterocycles. The van der Waals surface area contributed by atoms with E-state index in [0.717, 1.165) is 38.5 Å². The fourth-order valence-electron chi connectivity index (χ4n) is 6.54. The normalized spacial score (nSPS) is 19.7. The van der Waals surface area contributed by atoms with E-state index in [9.17, 15) is 0 Å².